The molecule has 0 aromatic rings. The van der Waals surface area contributed by atoms with Crippen molar-refractivity contribution in [3.05, 3.63) is 0 Å². The van der Waals surface area contributed by atoms with Crippen molar-refractivity contribution in [3.63, 3.8) is 0 Å². The van der Waals surface area contributed by atoms with E-state index in [1.165, 1.54) is 19.3 Å². The Bertz CT molecular complexity index is 1820. The van der Waals surface area contributed by atoms with Crippen LogP contribution in [0.1, 0.15) is 250 Å². The number of esters is 8. The van der Waals surface area contributed by atoms with Crippen molar-refractivity contribution in [1.29, 1.82) is 0 Å². The highest BCUT2D eigenvalue weighted by molar-refractivity contribution is 5.82. The van der Waals surface area contributed by atoms with Crippen molar-refractivity contribution in [2.24, 2.45) is 45.8 Å². The van der Waals surface area contributed by atoms with E-state index in [-0.39, 0.29) is 88.0 Å². The maximum atomic E-state index is 12.3. The van der Waals surface area contributed by atoms with Gasteiger partial charge in [0.15, 0.2) is 26.4 Å². The van der Waals surface area contributed by atoms with Gasteiger partial charge in [-0.1, -0.05) is 92.0 Å². The summed E-state index contributed by atoms with van der Waals surface area (Å²) in [6.07, 6.45) is 19.0. The van der Waals surface area contributed by atoms with Gasteiger partial charge in [0.05, 0.1) is 22.9 Å². The molecule has 80 heavy (non-hydrogen) atoms. The van der Waals surface area contributed by atoms with Crippen molar-refractivity contribution >= 4 is 47.8 Å². The molecule has 0 saturated heterocycles. The summed E-state index contributed by atoms with van der Waals surface area (Å²) in [6.45, 7) is 21.0. The molecular formula is C63H118O17. The molecule has 4 bridgehead atoms. The monoisotopic (exact) mass is 1150 g/mol. The lowest BCUT2D eigenvalue weighted by molar-refractivity contribution is -0.207. The second kappa shape index (κ2) is 38.5. The standard InChI is InChI=1S/C21H32O6.C18H30O6.C18H32O5.6CH4/c1-5-20(2,3)19(24)26-11-17(22)25-12-18(23)27-21(4)15-7-13-6-14(9-15)10-16(21)8-13;1-5-13-9-7-8-10-14(13)24-16(20)12-22-15(19)11-23-17(21)18(3,4)6-2;1-5-17(3,4)16(20)22-13-12-21-14-15(19)23-18(6-2)10-8-7-9-11-18;;;;;;/h13-16H,5-12H2,1-4H3;13-14H,5-12H2,1-4H3;5-14H2,1-4H3;6*1H4. The lowest BCUT2D eigenvalue weighted by Crippen LogP contribution is -2.58. The number of carbonyl (C=O) groups excluding carboxylic acids is 8. The van der Waals surface area contributed by atoms with Crippen LogP contribution in [-0.4, -0.2) is 111 Å². The Morgan fingerprint density at radius 1 is 0.450 bits per heavy atom. The SMILES string of the molecule is C.C.C.C.C.C.CCC(C)(C)C(=O)OCC(=O)OCC(=O)OC1(C)C2CC3CC(C2)CC1C3.CCC1(OC(=O)COCCOC(=O)C(C)(C)CC)CCCCC1.CCC1CCCCC1OC(=O)COC(=O)COC(=O)C(C)(C)CC. The molecule has 6 aliphatic rings. The first-order chi connectivity index (χ1) is 34.8. The number of ether oxygens (including phenoxy) is 9. The number of carbonyl (C=O) groups is 8. The fourth-order valence-corrected chi connectivity index (χ4v) is 10.5. The van der Waals surface area contributed by atoms with Gasteiger partial charge in [0.25, 0.3) is 0 Å². The molecule has 17 nitrogen and oxygen atoms in total. The van der Waals surface area contributed by atoms with Gasteiger partial charge in [0, 0.05) is 0 Å². The Balaban J connectivity index is -0.000000524. The molecule has 0 radical (unpaired) electrons. The van der Waals surface area contributed by atoms with Crippen LogP contribution in [0.2, 0.25) is 0 Å². The lowest BCUT2D eigenvalue weighted by atomic mass is 9.50. The number of hydrogen-bond donors (Lipinski definition) is 0. The first kappa shape index (κ1) is 82.2. The molecule has 6 rings (SSSR count). The molecule has 0 aromatic heterocycles. The Morgan fingerprint density at radius 2 is 0.863 bits per heavy atom. The highest BCUT2D eigenvalue weighted by Crippen LogP contribution is 2.59. The minimum Gasteiger partial charge on any atom is -0.463 e. The Hall–Kier alpha value is -4.28. The van der Waals surface area contributed by atoms with E-state index in [1.807, 2.05) is 34.6 Å². The summed E-state index contributed by atoms with van der Waals surface area (Å²) >= 11 is 0. The molecule has 6 fully saturated rings. The van der Waals surface area contributed by atoms with Gasteiger partial charge in [-0.05, 0) is 187 Å². The van der Waals surface area contributed by atoms with Crippen LogP contribution in [0.25, 0.3) is 0 Å². The zero-order chi connectivity index (χ0) is 55.3. The summed E-state index contributed by atoms with van der Waals surface area (Å²) in [6, 6.07) is 0. The predicted octanol–water partition coefficient (Wildman–Crippen LogP) is 13.7. The molecule has 6 aliphatic carbocycles. The summed E-state index contributed by atoms with van der Waals surface area (Å²) in [4.78, 5) is 94.7. The second-order valence-corrected chi connectivity index (χ2v) is 23.4. The van der Waals surface area contributed by atoms with Crippen LogP contribution >= 0.6 is 0 Å². The van der Waals surface area contributed by atoms with Gasteiger partial charge < -0.3 is 42.6 Å². The van der Waals surface area contributed by atoms with Gasteiger partial charge in [0.2, 0.25) is 0 Å². The smallest absolute Gasteiger partial charge is 0.344 e. The van der Waals surface area contributed by atoms with E-state index in [0.717, 1.165) is 102 Å². The minimum atomic E-state index is -0.747. The summed E-state index contributed by atoms with van der Waals surface area (Å²) < 4.78 is 47.0. The molecule has 2 atom stereocenters. The quantitative estimate of drug-likeness (QED) is 0.0498. The Morgan fingerprint density at radius 3 is 1.30 bits per heavy atom. The molecule has 0 aliphatic heterocycles. The van der Waals surface area contributed by atoms with E-state index in [2.05, 4.69) is 20.8 Å². The van der Waals surface area contributed by atoms with E-state index >= 15 is 0 Å². The molecule has 0 N–H and O–H groups in total. The van der Waals surface area contributed by atoms with E-state index in [9.17, 15) is 38.4 Å². The third-order valence-electron chi connectivity index (χ3n) is 16.8. The zero-order valence-corrected chi connectivity index (χ0v) is 47.3. The van der Waals surface area contributed by atoms with Gasteiger partial charge >= 0.3 is 47.8 Å². The second-order valence-electron chi connectivity index (χ2n) is 23.4. The minimum absolute atomic E-state index is 0. The fourth-order valence-electron chi connectivity index (χ4n) is 10.5. The summed E-state index contributed by atoms with van der Waals surface area (Å²) in [5, 5.41) is 0. The van der Waals surface area contributed by atoms with Crippen molar-refractivity contribution in [2.45, 2.75) is 267 Å². The average Bonchev–Trinajstić information content (AvgIpc) is 3.37. The topological polar surface area (TPSA) is 220 Å². The third-order valence-corrected chi connectivity index (χ3v) is 16.8. The average molecular weight is 1150 g/mol. The molecule has 0 aromatic carbocycles. The van der Waals surface area contributed by atoms with Crippen molar-refractivity contribution in [3.8, 4) is 0 Å². The van der Waals surface area contributed by atoms with Gasteiger partial charge in [-0.2, -0.15) is 0 Å². The van der Waals surface area contributed by atoms with Crippen LogP contribution in [-0.2, 0) is 81.0 Å². The molecule has 0 spiro atoms. The first-order valence-corrected chi connectivity index (χ1v) is 27.8. The first-order valence-electron chi connectivity index (χ1n) is 27.8. The van der Waals surface area contributed by atoms with Gasteiger partial charge in [0.1, 0.15) is 30.5 Å². The van der Waals surface area contributed by atoms with Crippen LogP contribution in [0.3, 0.4) is 0 Å². The van der Waals surface area contributed by atoms with E-state index in [1.54, 1.807) is 27.7 Å². The van der Waals surface area contributed by atoms with Gasteiger partial charge in [-0.3, -0.25) is 14.4 Å². The summed E-state index contributed by atoms with van der Waals surface area (Å²) in [5.41, 5.74) is -2.50. The zero-order valence-electron chi connectivity index (χ0n) is 47.3. The summed E-state index contributed by atoms with van der Waals surface area (Å²) in [7, 11) is 0. The predicted molar refractivity (Wildman–Crippen MR) is 314 cm³/mol. The highest BCUT2D eigenvalue weighted by atomic mass is 16.6. The highest BCUT2D eigenvalue weighted by Gasteiger charge is 2.57. The largest absolute Gasteiger partial charge is 0.463 e. The van der Waals surface area contributed by atoms with E-state index in [0.29, 0.717) is 30.6 Å². The molecule has 2 unspecified atom stereocenters. The maximum Gasteiger partial charge on any atom is 0.344 e. The van der Waals surface area contributed by atoms with Crippen molar-refractivity contribution in [2.75, 3.05) is 46.2 Å². The van der Waals surface area contributed by atoms with Crippen LogP contribution < -0.4 is 0 Å². The molecular weight excluding hydrogens is 1030 g/mol. The van der Waals surface area contributed by atoms with E-state index < -0.39 is 84.1 Å². The Labute approximate surface area is 486 Å². The van der Waals surface area contributed by atoms with E-state index in [4.69, 9.17) is 42.6 Å². The normalized spacial score (nSPS) is 22.9. The van der Waals surface area contributed by atoms with Crippen LogP contribution in [0, 0.1) is 45.8 Å². The molecule has 0 amide bonds. The maximum absolute atomic E-state index is 12.3. The molecule has 6 saturated carbocycles. The summed E-state index contributed by atoms with van der Waals surface area (Å²) in [5.74, 6) is -1.21. The Kier molecular flexibility index (Phi) is 39.5. The van der Waals surface area contributed by atoms with Gasteiger partial charge in [-0.25, -0.2) is 24.0 Å². The van der Waals surface area contributed by atoms with Crippen LogP contribution in [0.5, 0.6) is 0 Å². The van der Waals surface area contributed by atoms with Crippen molar-refractivity contribution in [1.82, 2.24) is 0 Å². The molecule has 0 heterocycles. The molecule has 472 valence electrons. The third kappa shape index (κ3) is 25.9. The lowest BCUT2D eigenvalue weighted by Gasteiger charge is -2.59. The number of rotatable bonds is 24. The fraction of sp³-hybridized carbons (Fsp3) is 0.873. The van der Waals surface area contributed by atoms with Crippen molar-refractivity contribution < 1.29 is 81.0 Å². The van der Waals surface area contributed by atoms with Gasteiger partial charge in [-0.15, -0.1) is 0 Å². The van der Waals surface area contributed by atoms with Crippen LogP contribution in [0.15, 0.2) is 0 Å². The van der Waals surface area contributed by atoms with Crippen LogP contribution in [0.4, 0.5) is 0 Å². The number of hydrogen-bond acceptors (Lipinski definition) is 17. The molecule has 17 heteroatoms.